The van der Waals surface area contributed by atoms with E-state index < -0.39 is 0 Å². The predicted octanol–water partition coefficient (Wildman–Crippen LogP) is 2.68. The maximum absolute atomic E-state index is 12.4. The predicted molar refractivity (Wildman–Crippen MR) is 94.0 cm³/mol. The van der Waals surface area contributed by atoms with E-state index in [1.807, 2.05) is 39.0 Å². The van der Waals surface area contributed by atoms with Crippen molar-refractivity contribution in [3.8, 4) is 0 Å². The average molecular weight is 333 g/mol. The van der Waals surface area contributed by atoms with Gasteiger partial charge in [0, 0.05) is 12.1 Å². The molecule has 3 N–H and O–H groups in total. The summed E-state index contributed by atoms with van der Waals surface area (Å²) in [5, 5.41) is 11.3. The first-order valence-corrected chi connectivity index (χ1v) is 8.54. The van der Waals surface area contributed by atoms with Crippen LogP contribution in [0.1, 0.15) is 37.2 Å². The van der Waals surface area contributed by atoms with Crippen molar-refractivity contribution in [2.75, 3.05) is 11.2 Å². The molecule has 0 bridgehead atoms. The fraction of sp³-hybridized carbons (Fsp3) is 0.438. The Hall–Kier alpha value is -2.02. The molecule has 7 heteroatoms. The highest BCUT2D eigenvalue weighted by molar-refractivity contribution is 8.00. The summed E-state index contributed by atoms with van der Waals surface area (Å²) < 4.78 is 1.47. The van der Waals surface area contributed by atoms with Crippen molar-refractivity contribution in [1.29, 1.82) is 0 Å². The van der Waals surface area contributed by atoms with Crippen LogP contribution in [0.15, 0.2) is 23.4 Å². The lowest BCUT2D eigenvalue weighted by atomic mass is 10.1. The molecule has 0 fully saturated rings. The first kappa shape index (κ1) is 17.3. The van der Waals surface area contributed by atoms with Gasteiger partial charge in [0.15, 0.2) is 5.82 Å². The van der Waals surface area contributed by atoms with Crippen molar-refractivity contribution in [3.05, 3.63) is 35.2 Å². The molecule has 0 saturated heterocycles. The Labute approximate surface area is 140 Å². The minimum absolute atomic E-state index is 0.0799. The summed E-state index contributed by atoms with van der Waals surface area (Å²) in [6.07, 6.45) is 1.72. The van der Waals surface area contributed by atoms with Crippen LogP contribution in [-0.2, 0) is 11.2 Å². The van der Waals surface area contributed by atoms with E-state index >= 15 is 0 Å². The smallest absolute Gasteiger partial charge is 0.237 e. The Morgan fingerprint density at radius 3 is 2.83 bits per heavy atom. The number of aryl methyl sites for hydroxylation is 3. The van der Waals surface area contributed by atoms with Crippen molar-refractivity contribution in [3.63, 3.8) is 0 Å². The van der Waals surface area contributed by atoms with Gasteiger partial charge in [0.2, 0.25) is 11.1 Å². The quantitative estimate of drug-likeness (QED) is 0.627. The van der Waals surface area contributed by atoms with E-state index in [1.165, 1.54) is 16.4 Å². The number of nitrogen functional groups attached to an aromatic ring is 1. The van der Waals surface area contributed by atoms with Crippen molar-refractivity contribution in [1.82, 2.24) is 14.9 Å². The maximum atomic E-state index is 12.4. The summed E-state index contributed by atoms with van der Waals surface area (Å²) in [4.78, 5) is 12.4. The van der Waals surface area contributed by atoms with Gasteiger partial charge in [-0.05, 0) is 44.4 Å². The van der Waals surface area contributed by atoms with Gasteiger partial charge in [0.1, 0.15) is 0 Å². The van der Waals surface area contributed by atoms with Gasteiger partial charge >= 0.3 is 0 Å². The zero-order valence-electron chi connectivity index (χ0n) is 14.0. The van der Waals surface area contributed by atoms with Crippen LogP contribution in [0.3, 0.4) is 0 Å². The lowest BCUT2D eigenvalue weighted by Crippen LogP contribution is -2.24. The van der Waals surface area contributed by atoms with E-state index in [0.717, 1.165) is 35.5 Å². The number of nitrogens with one attached hydrogen (secondary N) is 1. The van der Waals surface area contributed by atoms with Gasteiger partial charge in [-0.2, -0.15) is 0 Å². The fourth-order valence-electron chi connectivity index (χ4n) is 2.10. The molecule has 0 aliphatic carbocycles. The topological polar surface area (TPSA) is 85.8 Å². The number of hydrogen-bond acceptors (Lipinski definition) is 5. The minimum atomic E-state index is -0.323. The SMILES string of the molecule is CCCc1nnc(SC(C)C(=O)Nc2cc(C)ccc2C)n1N. The van der Waals surface area contributed by atoms with Crippen LogP contribution in [0, 0.1) is 13.8 Å². The van der Waals surface area contributed by atoms with Crippen LogP contribution in [0.4, 0.5) is 5.69 Å². The number of hydrogen-bond donors (Lipinski definition) is 2. The van der Waals surface area contributed by atoms with Crippen molar-refractivity contribution < 1.29 is 4.79 Å². The normalized spacial score (nSPS) is 12.2. The Bertz CT molecular complexity index is 698. The standard InChI is InChI=1S/C16H23N5OS/c1-5-6-14-19-20-16(21(14)17)23-12(4)15(22)18-13-9-10(2)7-8-11(13)3/h7-9,12H,5-6,17H2,1-4H3,(H,18,22). The molecule has 0 aliphatic rings. The Morgan fingerprint density at radius 2 is 2.13 bits per heavy atom. The monoisotopic (exact) mass is 333 g/mol. The van der Waals surface area contributed by atoms with E-state index in [9.17, 15) is 4.79 Å². The molecular weight excluding hydrogens is 310 g/mol. The molecule has 0 aliphatic heterocycles. The molecule has 0 radical (unpaired) electrons. The van der Waals surface area contributed by atoms with E-state index in [0.29, 0.717) is 5.16 Å². The Balaban J connectivity index is 2.04. The molecule has 1 aromatic carbocycles. The summed E-state index contributed by atoms with van der Waals surface area (Å²) in [5.41, 5.74) is 2.98. The zero-order chi connectivity index (χ0) is 17.0. The molecule has 0 saturated carbocycles. The van der Waals surface area contributed by atoms with Crippen LogP contribution >= 0.6 is 11.8 Å². The number of thioether (sulfide) groups is 1. The number of carbonyl (C=O) groups excluding carboxylic acids is 1. The first-order chi connectivity index (χ1) is 10.9. The lowest BCUT2D eigenvalue weighted by Gasteiger charge is -2.13. The maximum Gasteiger partial charge on any atom is 0.237 e. The second-order valence-electron chi connectivity index (χ2n) is 5.59. The fourth-order valence-corrected chi connectivity index (χ4v) is 2.89. The third kappa shape index (κ3) is 4.25. The summed E-state index contributed by atoms with van der Waals surface area (Å²) in [5.74, 6) is 6.63. The number of nitrogens with zero attached hydrogens (tertiary/aromatic N) is 3. The number of amides is 1. The highest BCUT2D eigenvalue weighted by atomic mass is 32.2. The van der Waals surface area contributed by atoms with Crippen LogP contribution in [0.2, 0.25) is 0 Å². The van der Waals surface area contributed by atoms with E-state index in [-0.39, 0.29) is 11.2 Å². The lowest BCUT2D eigenvalue weighted by molar-refractivity contribution is -0.115. The summed E-state index contributed by atoms with van der Waals surface area (Å²) in [7, 11) is 0. The molecule has 1 amide bonds. The number of carbonyl (C=O) groups is 1. The van der Waals surface area contributed by atoms with Crippen molar-refractivity contribution in [2.45, 2.75) is 50.9 Å². The highest BCUT2D eigenvalue weighted by Crippen LogP contribution is 2.23. The molecule has 2 aromatic rings. The molecule has 1 heterocycles. The summed E-state index contributed by atoms with van der Waals surface area (Å²) in [6, 6.07) is 5.99. The van der Waals surface area contributed by atoms with Crippen LogP contribution in [0.25, 0.3) is 0 Å². The number of nitrogens with two attached hydrogens (primary N) is 1. The molecule has 1 atom stereocenters. The van der Waals surface area contributed by atoms with Gasteiger partial charge in [0.05, 0.1) is 5.25 Å². The number of rotatable bonds is 6. The van der Waals surface area contributed by atoms with Gasteiger partial charge in [-0.25, -0.2) is 4.68 Å². The molecule has 1 unspecified atom stereocenters. The van der Waals surface area contributed by atoms with Crippen LogP contribution in [0.5, 0.6) is 0 Å². The second-order valence-corrected chi connectivity index (χ2v) is 6.89. The van der Waals surface area contributed by atoms with Gasteiger partial charge in [0.25, 0.3) is 0 Å². The molecule has 2 rings (SSSR count). The largest absolute Gasteiger partial charge is 0.336 e. The second kappa shape index (κ2) is 7.50. The zero-order valence-corrected chi connectivity index (χ0v) is 14.8. The Morgan fingerprint density at radius 1 is 1.39 bits per heavy atom. The highest BCUT2D eigenvalue weighted by Gasteiger charge is 2.19. The number of anilines is 1. The third-order valence-electron chi connectivity index (χ3n) is 3.51. The summed E-state index contributed by atoms with van der Waals surface area (Å²) in [6.45, 7) is 7.86. The van der Waals surface area contributed by atoms with E-state index in [4.69, 9.17) is 5.84 Å². The molecule has 6 nitrogen and oxygen atoms in total. The molecule has 0 spiro atoms. The third-order valence-corrected chi connectivity index (χ3v) is 4.57. The summed E-state index contributed by atoms with van der Waals surface area (Å²) >= 11 is 1.31. The minimum Gasteiger partial charge on any atom is -0.336 e. The molecular formula is C16H23N5OS. The van der Waals surface area contributed by atoms with Crippen molar-refractivity contribution >= 4 is 23.4 Å². The molecule has 124 valence electrons. The van der Waals surface area contributed by atoms with E-state index in [1.54, 1.807) is 0 Å². The van der Waals surface area contributed by atoms with Crippen molar-refractivity contribution in [2.24, 2.45) is 0 Å². The average Bonchev–Trinajstić information content (AvgIpc) is 2.84. The van der Waals surface area contributed by atoms with Gasteiger partial charge in [-0.1, -0.05) is 30.8 Å². The first-order valence-electron chi connectivity index (χ1n) is 7.66. The van der Waals surface area contributed by atoms with Gasteiger partial charge in [-0.3, -0.25) is 4.79 Å². The van der Waals surface area contributed by atoms with Crippen LogP contribution in [-0.4, -0.2) is 26.0 Å². The van der Waals surface area contributed by atoms with E-state index in [2.05, 4.69) is 22.4 Å². The van der Waals surface area contributed by atoms with Crippen LogP contribution < -0.4 is 11.2 Å². The number of aromatic nitrogens is 3. The molecule has 1 aromatic heterocycles. The van der Waals surface area contributed by atoms with Gasteiger partial charge < -0.3 is 11.2 Å². The molecule has 23 heavy (non-hydrogen) atoms. The Kier molecular flexibility index (Phi) is 5.65. The van der Waals surface area contributed by atoms with Gasteiger partial charge in [-0.15, -0.1) is 10.2 Å². The number of benzene rings is 1.